The minimum atomic E-state index is -4.58. The summed E-state index contributed by atoms with van der Waals surface area (Å²) in [6.07, 6.45) is 3.56. The molecule has 0 bridgehead atoms. The lowest BCUT2D eigenvalue weighted by Crippen LogP contribution is -2.21. The zero-order valence-corrected chi connectivity index (χ0v) is 19.1. The molecule has 0 radical (unpaired) electrons. The van der Waals surface area contributed by atoms with Gasteiger partial charge in [0.2, 0.25) is 0 Å². The van der Waals surface area contributed by atoms with E-state index in [0.29, 0.717) is 36.7 Å². The third kappa shape index (κ3) is 4.60. The average molecular weight is 482 g/mol. The highest BCUT2D eigenvalue weighted by Crippen LogP contribution is 2.40. The van der Waals surface area contributed by atoms with Crippen LogP contribution in [0, 0.1) is 19.7 Å². The third-order valence-electron chi connectivity index (χ3n) is 6.06. The highest BCUT2D eigenvalue weighted by atomic mass is 19.4. The zero-order chi connectivity index (χ0) is 24.7. The Balaban J connectivity index is 1.44. The molecule has 180 valence electrons. The first-order valence-corrected chi connectivity index (χ1v) is 11.2. The summed E-state index contributed by atoms with van der Waals surface area (Å²) in [7, 11) is 0. The van der Waals surface area contributed by atoms with Crippen molar-refractivity contribution in [2.45, 2.75) is 45.3 Å². The van der Waals surface area contributed by atoms with Crippen molar-refractivity contribution in [2.24, 2.45) is 0 Å². The van der Waals surface area contributed by atoms with Crippen LogP contribution in [0.15, 0.2) is 42.9 Å². The summed E-state index contributed by atoms with van der Waals surface area (Å²) in [6, 6.07) is 6.39. The first kappa shape index (κ1) is 22.9. The van der Waals surface area contributed by atoms with Crippen LogP contribution in [0.5, 0.6) is 0 Å². The molecule has 1 aliphatic heterocycles. The number of hydrogen-bond acceptors (Lipinski definition) is 4. The van der Waals surface area contributed by atoms with Crippen LogP contribution in [0.4, 0.5) is 17.6 Å². The van der Waals surface area contributed by atoms with Gasteiger partial charge in [-0.25, -0.2) is 19.0 Å². The fourth-order valence-corrected chi connectivity index (χ4v) is 4.47. The molecular formula is C25H22F4N6. The Bertz CT molecular complexity index is 1420. The minimum absolute atomic E-state index is 0.107. The van der Waals surface area contributed by atoms with Gasteiger partial charge >= 0.3 is 6.18 Å². The van der Waals surface area contributed by atoms with Gasteiger partial charge in [-0.1, -0.05) is 0 Å². The van der Waals surface area contributed by atoms with E-state index in [2.05, 4.69) is 20.1 Å². The summed E-state index contributed by atoms with van der Waals surface area (Å²) in [5.74, 6) is -0.628. The van der Waals surface area contributed by atoms with E-state index in [1.165, 1.54) is 0 Å². The molecule has 3 aromatic heterocycles. The topological polar surface area (TPSA) is 61.4 Å². The number of hydrogen-bond donors (Lipinski definition) is 0. The van der Waals surface area contributed by atoms with E-state index >= 15 is 0 Å². The van der Waals surface area contributed by atoms with Gasteiger partial charge in [-0.2, -0.15) is 18.3 Å². The smallest absolute Gasteiger partial charge is 0.304 e. The van der Waals surface area contributed by atoms with Crippen molar-refractivity contribution in [3.8, 4) is 5.69 Å². The van der Waals surface area contributed by atoms with Crippen molar-refractivity contribution in [3.05, 3.63) is 88.5 Å². The number of pyridine rings is 1. The molecule has 4 heterocycles. The Kier molecular flexibility index (Phi) is 5.74. The van der Waals surface area contributed by atoms with E-state index in [4.69, 9.17) is 0 Å². The lowest BCUT2D eigenvalue weighted by Gasteiger charge is -2.25. The van der Waals surface area contributed by atoms with Gasteiger partial charge < -0.3 is 4.57 Å². The summed E-state index contributed by atoms with van der Waals surface area (Å²) in [4.78, 5) is 13.3. The number of aromatic nitrogens is 6. The summed E-state index contributed by atoms with van der Waals surface area (Å²) >= 11 is 0. The molecule has 0 spiro atoms. The fourth-order valence-electron chi connectivity index (χ4n) is 4.47. The predicted molar refractivity (Wildman–Crippen MR) is 122 cm³/mol. The maximum absolute atomic E-state index is 13.9. The van der Waals surface area contributed by atoms with Gasteiger partial charge in [0.15, 0.2) is 5.82 Å². The molecule has 1 aromatic carbocycles. The first-order chi connectivity index (χ1) is 16.7. The van der Waals surface area contributed by atoms with Crippen LogP contribution in [-0.4, -0.2) is 29.3 Å². The van der Waals surface area contributed by atoms with E-state index in [-0.39, 0.29) is 5.56 Å². The van der Waals surface area contributed by atoms with Gasteiger partial charge in [0.05, 0.1) is 34.7 Å². The molecule has 0 amide bonds. The standard InChI is InChI=1S/C25H22F4N6/c1-15-13-34(14-30-15)22-9-6-18(31-16(22)2)7-10-23-32-24-19(4-3-11-35(24)33-23)20-12-17(26)5-8-21(20)25(27,28)29/h5-10,12-14,19H,3-4,11H2,1-2H3/b10-7+/t19-/m1/s1. The van der Waals surface area contributed by atoms with Crippen LogP contribution in [-0.2, 0) is 12.7 Å². The second-order valence-electron chi connectivity index (χ2n) is 8.57. The Morgan fingerprint density at radius 3 is 2.60 bits per heavy atom. The SMILES string of the molecule is Cc1cn(-c2ccc(/C=C/c3nc4n(n3)CCC[C@@H]4c3cc(F)ccc3C(F)(F)F)nc2C)cn1. The van der Waals surface area contributed by atoms with Gasteiger partial charge in [0.1, 0.15) is 11.6 Å². The highest BCUT2D eigenvalue weighted by Gasteiger charge is 2.37. The van der Waals surface area contributed by atoms with Crippen LogP contribution in [0.3, 0.4) is 0 Å². The Morgan fingerprint density at radius 2 is 1.89 bits per heavy atom. The lowest BCUT2D eigenvalue weighted by molar-refractivity contribution is -0.138. The molecular weight excluding hydrogens is 460 g/mol. The minimum Gasteiger partial charge on any atom is -0.304 e. The largest absolute Gasteiger partial charge is 0.416 e. The maximum Gasteiger partial charge on any atom is 0.416 e. The zero-order valence-electron chi connectivity index (χ0n) is 19.1. The maximum atomic E-state index is 13.9. The van der Waals surface area contributed by atoms with Crippen molar-refractivity contribution < 1.29 is 17.6 Å². The van der Waals surface area contributed by atoms with Gasteiger partial charge in [-0.3, -0.25) is 4.98 Å². The monoisotopic (exact) mass is 482 g/mol. The summed E-state index contributed by atoms with van der Waals surface area (Å²) in [5.41, 5.74) is 2.37. The van der Waals surface area contributed by atoms with E-state index in [9.17, 15) is 17.6 Å². The average Bonchev–Trinajstić information content (AvgIpc) is 3.42. The number of rotatable bonds is 4. The number of alkyl halides is 3. The molecule has 0 saturated carbocycles. The molecule has 0 saturated heterocycles. The van der Waals surface area contributed by atoms with Gasteiger partial charge in [0, 0.05) is 18.7 Å². The second-order valence-corrected chi connectivity index (χ2v) is 8.57. The summed E-state index contributed by atoms with van der Waals surface area (Å²) in [5, 5.41) is 4.45. The van der Waals surface area contributed by atoms with Crippen molar-refractivity contribution in [2.75, 3.05) is 0 Å². The van der Waals surface area contributed by atoms with Gasteiger partial charge in [-0.15, -0.1) is 0 Å². The predicted octanol–water partition coefficient (Wildman–Crippen LogP) is 5.73. The van der Waals surface area contributed by atoms with Gasteiger partial charge in [0.25, 0.3) is 0 Å². The number of benzene rings is 1. The van der Waals surface area contributed by atoms with E-state index in [0.717, 1.165) is 35.3 Å². The molecule has 1 aliphatic rings. The van der Waals surface area contributed by atoms with Crippen LogP contribution >= 0.6 is 0 Å². The molecule has 6 nitrogen and oxygen atoms in total. The van der Waals surface area contributed by atoms with Crippen LogP contribution in [0.2, 0.25) is 0 Å². The molecule has 0 unspecified atom stereocenters. The van der Waals surface area contributed by atoms with Crippen molar-refractivity contribution in [3.63, 3.8) is 0 Å². The van der Waals surface area contributed by atoms with Crippen LogP contribution < -0.4 is 0 Å². The second kappa shape index (κ2) is 8.75. The summed E-state index contributed by atoms with van der Waals surface area (Å²) < 4.78 is 58.3. The number of nitrogens with zero attached hydrogens (tertiary/aromatic N) is 6. The first-order valence-electron chi connectivity index (χ1n) is 11.2. The Labute approximate surface area is 199 Å². The molecule has 4 aromatic rings. The molecule has 10 heteroatoms. The lowest BCUT2D eigenvalue weighted by atomic mass is 9.87. The Hall–Kier alpha value is -3.82. The molecule has 35 heavy (non-hydrogen) atoms. The van der Waals surface area contributed by atoms with Crippen LogP contribution in [0.25, 0.3) is 17.8 Å². The number of halogens is 4. The van der Waals surface area contributed by atoms with Crippen LogP contribution in [0.1, 0.15) is 58.6 Å². The number of imidazole rings is 1. The molecule has 0 fully saturated rings. The molecule has 0 N–H and O–H groups in total. The van der Waals surface area contributed by atoms with Crippen molar-refractivity contribution in [1.82, 2.24) is 29.3 Å². The third-order valence-corrected chi connectivity index (χ3v) is 6.06. The quantitative estimate of drug-likeness (QED) is 0.349. The Morgan fingerprint density at radius 1 is 1.06 bits per heavy atom. The van der Waals surface area contributed by atoms with E-state index < -0.39 is 23.5 Å². The molecule has 0 aliphatic carbocycles. The van der Waals surface area contributed by atoms with Gasteiger partial charge in [-0.05, 0) is 74.7 Å². The molecule has 1 atom stereocenters. The van der Waals surface area contributed by atoms with Crippen molar-refractivity contribution >= 4 is 12.2 Å². The van der Waals surface area contributed by atoms with Crippen molar-refractivity contribution in [1.29, 1.82) is 0 Å². The number of fused-ring (bicyclic) bond motifs is 1. The van der Waals surface area contributed by atoms with E-state index in [1.807, 2.05) is 36.7 Å². The normalized spacial score (nSPS) is 16.1. The fraction of sp³-hybridized carbons (Fsp3) is 0.280. The number of aryl methyl sites for hydroxylation is 3. The molecule has 5 rings (SSSR count). The highest BCUT2D eigenvalue weighted by molar-refractivity contribution is 5.65. The van der Waals surface area contributed by atoms with E-state index in [1.54, 1.807) is 23.2 Å². The summed E-state index contributed by atoms with van der Waals surface area (Å²) in [6.45, 7) is 4.35.